The number of hydrogen-bond donors (Lipinski definition) is 1. The van der Waals surface area contributed by atoms with Crippen molar-refractivity contribution in [2.45, 2.75) is 83.8 Å². The van der Waals surface area contributed by atoms with Crippen LogP contribution in [0.3, 0.4) is 0 Å². The predicted octanol–water partition coefficient (Wildman–Crippen LogP) is 7.54. The highest BCUT2D eigenvalue weighted by Gasteiger charge is 2.52. The summed E-state index contributed by atoms with van der Waals surface area (Å²) in [5, 5.41) is 7.81. The van der Waals surface area contributed by atoms with E-state index < -0.39 is 11.0 Å². The van der Waals surface area contributed by atoms with Crippen molar-refractivity contribution in [2.24, 2.45) is 11.3 Å². The van der Waals surface area contributed by atoms with Gasteiger partial charge in [0.2, 0.25) is 5.91 Å². The third kappa shape index (κ3) is 7.47. The van der Waals surface area contributed by atoms with Gasteiger partial charge in [0.25, 0.3) is 5.56 Å². The van der Waals surface area contributed by atoms with Crippen LogP contribution in [0.25, 0.3) is 11.3 Å². The first-order valence-corrected chi connectivity index (χ1v) is 16.4. The lowest BCUT2D eigenvalue weighted by Crippen LogP contribution is -2.30. The van der Waals surface area contributed by atoms with Crippen molar-refractivity contribution >= 4 is 17.6 Å². The summed E-state index contributed by atoms with van der Waals surface area (Å²) in [7, 11) is 0. The fourth-order valence-electron chi connectivity index (χ4n) is 6.62. The number of nitrogens with one attached hydrogen (secondary N) is 1. The number of nitrogens with zero attached hydrogens (tertiary/aromatic N) is 2. The Morgan fingerprint density at radius 2 is 1.63 bits per heavy atom. The Bertz CT molecular complexity index is 1740. The van der Waals surface area contributed by atoms with Crippen molar-refractivity contribution in [3.63, 3.8) is 0 Å². The van der Waals surface area contributed by atoms with Crippen molar-refractivity contribution in [3.8, 4) is 11.3 Å². The van der Waals surface area contributed by atoms with Gasteiger partial charge in [-0.15, -0.1) is 0 Å². The van der Waals surface area contributed by atoms with E-state index in [1.165, 1.54) is 4.68 Å². The van der Waals surface area contributed by atoms with E-state index in [-0.39, 0.29) is 29.3 Å². The van der Waals surface area contributed by atoms with Gasteiger partial charge in [0.1, 0.15) is 5.60 Å². The van der Waals surface area contributed by atoms with E-state index >= 15 is 0 Å². The molecule has 2 saturated carbocycles. The van der Waals surface area contributed by atoms with Crippen molar-refractivity contribution in [1.82, 2.24) is 9.78 Å². The predicted molar refractivity (Wildman–Crippen MR) is 180 cm³/mol. The average molecular weight is 618 g/mol. The molecule has 0 saturated heterocycles. The van der Waals surface area contributed by atoms with Crippen molar-refractivity contribution in [2.75, 3.05) is 5.32 Å². The standard InChI is InChI=1S/C39H43N3O4/c1-38(2,3)46-37(45)39(22-23-39)25-28-10-9-15-32(24-28)40-36(44)35(30-13-7-8-14-30)31-18-16-27(17-19-31)26-42-34(43)21-20-33(41-42)29-11-5-4-6-12-29/h4-6,9-12,15-21,24,30,35H,7-8,13-14,22-23,25-26H2,1-3H3,(H,40,44). The SMILES string of the molecule is CC(C)(C)OC(=O)C1(Cc2cccc(NC(=O)C(c3ccc(Cn4nc(-c5ccccc5)ccc4=O)cc3)C3CCCC3)c2)CC1. The van der Waals surface area contributed by atoms with Crippen LogP contribution in [0.1, 0.15) is 81.9 Å². The quantitative estimate of drug-likeness (QED) is 0.186. The van der Waals surface area contributed by atoms with Gasteiger partial charge in [-0.25, -0.2) is 4.68 Å². The van der Waals surface area contributed by atoms with Gasteiger partial charge in [0.15, 0.2) is 0 Å². The number of carbonyl (C=O) groups excluding carboxylic acids is 2. The maximum Gasteiger partial charge on any atom is 0.312 e. The van der Waals surface area contributed by atoms with Crippen LogP contribution in [-0.4, -0.2) is 27.3 Å². The smallest absolute Gasteiger partial charge is 0.312 e. The topological polar surface area (TPSA) is 90.3 Å². The van der Waals surface area contributed by atoms with E-state index in [9.17, 15) is 14.4 Å². The number of rotatable bonds is 10. The Hall–Kier alpha value is -4.52. The molecule has 3 aromatic carbocycles. The van der Waals surface area contributed by atoms with Crippen LogP contribution < -0.4 is 10.9 Å². The monoisotopic (exact) mass is 617 g/mol. The third-order valence-corrected chi connectivity index (χ3v) is 9.18. The fraction of sp³-hybridized carbons (Fsp3) is 0.385. The molecule has 7 heteroatoms. The van der Waals surface area contributed by atoms with Crippen LogP contribution in [0, 0.1) is 11.3 Å². The molecule has 4 aromatic rings. The largest absolute Gasteiger partial charge is 0.460 e. The Morgan fingerprint density at radius 3 is 2.30 bits per heavy atom. The molecule has 0 aliphatic heterocycles. The van der Waals surface area contributed by atoms with Gasteiger partial charge in [0, 0.05) is 17.3 Å². The summed E-state index contributed by atoms with van der Waals surface area (Å²) in [6.45, 7) is 6.04. The number of esters is 1. The first-order chi connectivity index (χ1) is 22.1. The first-order valence-electron chi connectivity index (χ1n) is 16.4. The van der Waals surface area contributed by atoms with Gasteiger partial charge < -0.3 is 10.1 Å². The maximum absolute atomic E-state index is 13.9. The molecule has 1 aromatic heterocycles. The molecular weight excluding hydrogens is 574 g/mol. The second-order valence-corrected chi connectivity index (χ2v) is 14.0. The zero-order valence-corrected chi connectivity index (χ0v) is 27.0. The molecule has 2 fully saturated rings. The minimum atomic E-state index is -0.516. The summed E-state index contributed by atoms with van der Waals surface area (Å²) in [4.78, 5) is 39.5. The highest BCUT2D eigenvalue weighted by atomic mass is 16.6. The van der Waals surface area contributed by atoms with E-state index in [1.807, 2.05) is 99.6 Å². The van der Waals surface area contributed by atoms with Crippen LogP contribution in [-0.2, 0) is 27.3 Å². The van der Waals surface area contributed by atoms with Crippen LogP contribution >= 0.6 is 0 Å². The van der Waals surface area contributed by atoms with Crippen LogP contribution in [0.5, 0.6) is 0 Å². The molecule has 0 bridgehead atoms. The van der Waals surface area contributed by atoms with Crippen molar-refractivity contribution < 1.29 is 14.3 Å². The maximum atomic E-state index is 13.9. The van der Waals surface area contributed by atoms with E-state index in [2.05, 4.69) is 10.4 Å². The van der Waals surface area contributed by atoms with Crippen molar-refractivity contribution in [3.05, 3.63) is 118 Å². The van der Waals surface area contributed by atoms with E-state index in [1.54, 1.807) is 12.1 Å². The van der Waals surface area contributed by atoms with Gasteiger partial charge >= 0.3 is 5.97 Å². The zero-order chi connectivity index (χ0) is 32.3. The molecular formula is C39H43N3O4. The summed E-state index contributed by atoms with van der Waals surface area (Å²) in [6, 6.07) is 29.0. The molecule has 0 spiro atoms. The summed E-state index contributed by atoms with van der Waals surface area (Å²) < 4.78 is 7.20. The van der Waals surface area contributed by atoms with Gasteiger partial charge in [-0.2, -0.15) is 5.10 Å². The highest BCUT2D eigenvalue weighted by Crippen LogP contribution is 2.50. The normalized spacial score (nSPS) is 16.5. The van der Waals surface area contributed by atoms with Crippen LogP contribution in [0.4, 0.5) is 5.69 Å². The van der Waals surface area contributed by atoms with E-state index in [4.69, 9.17) is 4.74 Å². The lowest BCUT2D eigenvalue weighted by molar-refractivity contribution is -0.161. The number of benzene rings is 3. The fourth-order valence-corrected chi connectivity index (χ4v) is 6.62. The molecule has 7 nitrogen and oxygen atoms in total. The number of amides is 1. The lowest BCUT2D eigenvalue weighted by atomic mass is 9.83. The molecule has 6 rings (SSSR count). The molecule has 2 aliphatic carbocycles. The summed E-state index contributed by atoms with van der Waals surface area (Å²) in [5.41, 5.74) is 4.24. The molecule has 1 N–H and O–H groups in total. The minimum Gasteiger partial charge on any atom is -0.460 e. The molecule has 1 atom stereocenters. The summed E-state index contributed by atoms with van der Waals surface area (Å²) >= 11 is 0. The summed E-state index contributed by atoms with van der Waals surface area (Å²) in [6.07, 6.45) is 6.53. The molecule has 238 valence electrons. The molecule has 1 heterocycles. The Balaban J connectivity index is 1.17. The Morgan fingerprint density at radius 1 is 0.913 bits per heavy atom. The average Bonchev–Trinajstić information content (AvgIpc) is 3.62. The number of carbonyl (C=O) groups is 2. The number of ether oxygens (including phenoxy) is 1. The van der Waals surface area contributed by atoms with Gasteiger partial charge in [0.05, 0.1) is 23.6 Å². The van der Waals surface area contributed by atoms with E-state index in [0.717, 1.165) is 72.2 Å². The number of aromatic nitrogens is 2. The molecule has 46 heavy (non-hydrogen) atoms. The van der Waals surface area contributed by atoms with Gasteiger partial charge in [-0.1, -0.05) is 79.6 Å². The Kier molecular flexibility index (Phi) is 8.94. The second kappa shape index (κ2) is 13.1. The second-order valence-electron chi connectivity index (χ2n) is 14.0. The third-order valence-electron chi connectivity index (χ3n) is 9.18. The first kappa shape index (κ1) is 31.5. The summed E-state index contributed by atoms with van der Waals surface area (Å²) in [5.74, 6) is -0.163. The van der Waals surface area contributed by atoms with Crippen LogP contribution in [0.15, 0.2) is 95.8 Å². The van der Waals surface area contributed by atoms with Crippen molar-refractivity contribution in [1.29, 1.82) is 0 Å². The number of hydrogen-bond acceptors (Lipinski definition) is 5. The Labute approximate surface area is 271 Å². The van der Waals surface area contributed by atoms with Gasteiger partial charge in [-0.05, 0) is 93.7 Å². The minimum absolute atomic E-state index is 0.0153. The van der Waals surface area contributed by atoms with E-state index in [0.29, 0.717) is 13.0 Å². The molecule has 2 aliphatic rings. The molecule has 1 amide bonds. The lowest BCUT2D eigenvalue weighted by Gasteiger charge is -2.24. The van der Waals surface area contributed by atoms with Gasteiger partial charge in [-0.3, -0.25) is 14.4 Å². The molecule has 0 radical (unpaired) electrons. The van der Waals surface area contributed by atoms with Crippen LogP contribution in [0.2, 0.25) is 0 Å². The highest BCUT2D eigenvalue weighted by molar-refractivity contribution is 5.96. The number of anilines is 1. The zero-order valence-electron chi connectivity index (χ0n) is 27.0. The molecule has 1 unspecified atom stereocenters.